The molecule has 0 spiro atoms. The number of thioether (sulfide) groups is 1. The van der Waals surface area contributed by atoms with Crippen molar-refractivity contribution in [3.63, 3.8) is 0 Å². The highest BCUT2D eigenvalue weighted by atomic mass is 32.2. The van der Waals surface area contributed by atoms with Gasteiger partial charge in [-0.2, -0.15) is 8.78 Å². The van der Waals surface area contributed by atoms with Gasteiger partial charge >= 0.3 is 5.97 Å². The minimum Gasteiger partial charge on any atom is -0.472 e. The average Bonchev–Trinajstić information content (AvgIpc) is 2.90. The number of hydrogen-bond acceptors (Lipinski definition) is 5. The van der Waals surface area contributed by atoms with Gasteiger partial charge in [-0.15, -0.1) is 5.10 Å². The van der Waals surface area contributed by atoms with Crippen LogP contribution in [0.2, 0.25) is 0 Å². The van der Waals surface area contributed by atoms with Crippen molar-refractivity contribution in [1.29, 1.82) is 0 Å². The zero-order valence-corrected chi connectivity index (χ0v) is 14.3. The van der Waals surface area contributed by atoms with Crippen molar-refractivity contribution in [3.8, 4) is 5.88 Å². The van der Waals surface area contributed by atoms with E-state index in [1.54, 1.807) is 43.9 Å². The van der Waals surface area contributed by atoms with Crippen molar-refractivity contribution in [1.82, 2.24) is 9.78 Å². The standard InChI is InChI=1S/C16H18F2N2O3S/c1-10(2)23-15(21)11-5-4-6-13(24-16(17)18)12(11)9-22-14-7-8-20(3)19-14/h4-8,10,16H,9H2,1-3H3. The van der Waals surface area contributed by atoms with E-state index >= 15 is 0 Å². The number of ether oxygens (including phenoxy) is 2. The third-order valence-corrected chi connectivity index (χ3v) is 3.78. The molecule has 0 bridgehead atoms. The molecule has 0 unspecified atom stereocenters. The number of halogens is 2. The van der Waals surface area contributed by atoms with Crippen molar-refractivity contribution >= 4 is 17.7 Å². The second-order valence-corrected chi connectivity index (χ2v) is 6.26. The number of carbonyl (C=O) groups is 1. The SMILES string of the molecule is CC(C)OC(=O)c1cccc(SC(F)F)c1COc1ccn(C)n1. The molecule has 0 atom stereocenters. The van der Waals surface area contributed by atoms with Crippen LogP contribution in [0.5, 0.6) is 5.88 Å². The normalized spacial score (nSPS) is 11.1. The Labute approximate surface area is 142 Å². The Hall–Kier alpha value is -2.09. The number of rotatable bonds is 7. The molecule has 24 heavy (non-hydrogen) atoms. The van der Waals surface area contributed by atoms with E-state index in [2.05, 4.69) is 5.10 Å². The zero-order valence-electron chi connectivity index (χ0n) is 13.5. The molecule has 0 N–H and O–H groups in total. The highest BCUT2D eigenvalue weighted by Crippen LogP contribution is 2.31. The van der Waals surface area contributed by atoms with Gasteiger partial charge in [0.2, 0.25) is 5.88 Å². The maximum Gasteiger partial charge on any atom is 0.338 e. The molecule has 0 aliphatic carbocycles. The molecule has 0 aliphatic heterocycles. The summed E-state index contributed by atoms with van der Waals surface area (Å²) in [7, 11) is 1.74. The predicted octanol–water partition coefficient (Wildman–Crippen LogP) is 3.88. The van der Waals surface area contributed by atoms with Gasteiger partial charge in [-0.05, 0) is 26.0 Å². The minimum absolute atomic E-state index is 0.0601. The lowest BCUT2D eigenvalue weighted by Gasteiger charge is -2.15. The lowest BCUT2D eigenvalue weighted by atomic mass is 10.1. The molecule has 0 saturated carbocycles. The Morgan fingerprint density at radius 1 is 1.33 bits per heavy atom. The van der Waals surface area contributed by atoms with Crippen LogP contribution in [0.1, 0.15) is 29.8 Å². The minimum atomic E-state index is -2.60. The molecule has 0 fully saturated rings. The van der Waals surface area contributed by atoms with Crippen LogP contribution in [0.25, 0.3) is 0 Å². The quantitative estimate of drug-likeness (QED) is 0.557. The third kappa shape index (κ3) is 4.95. The van der Waals surface area contributed by atoms with Crippen LogP contribution in [-0.4, -0.2) is 27.6 Å². The first-order valence-electron chi connectivity index (χ1n) is 7.27. The van der Waals surface area contributed by atoms with Gasteiger partial charge in [0.25, 0.3) is 5.76 Å². The molecular formula is C16H18F2N2O3S. The van der Waals surface area contributed by atoms with Crippen LogP contribution < -0.4 is 4.74 Å². The summed E-state index contributed by atoms with van der Waals surface area (Å²) in [5.41, 5.74) is 0.574. The van der Waals surface area contributed by atoms with Crippen LogP contribution in [-0.2, 0) is 18.4 Å². The first kappa shape index (κ1) is 18.3. The van der Waals surface area contributed by atoms with Crippen molar-refractivity contribution in [3.05, 3.63) is 41.6 Å². The molecule has 2 aromatic rings. The molecule has 1 heterocycles. The number of hydrogen-bond donors (Lipinski definition) is 0. The van der Waals surface area contributed by atoms with Crippen molar-refractivity contribution in [2.75, 3.05) is 0 Å². The number of nitrogens with zero attached hydrogens (tertiary/aromatic N) is 2. The monoisotopic (exact) mass is 356 g/mol. The maximum atomic E-state index is 12.8. The smallest absolute Gasteiger partial charge is 0.338 e. The molecule has 5 nitrogen and oxygen atoms in total. The number of aryl methyl sites for hydroxylation is 1. The van der Waals surface area contributed by atoms with Gasteiger partial charge in [-0.25, -0.2) is 4.79 Å². The van der Waals surface area contributed by atoms with Crippen molar-refractivity contribution < 1.29 is 23.0 Å². The van der Waals surface area contributed by atoms with E-state index in [0.717, 1.165) is 0 Å². The Morgan fingerprint density at radius 3 is 2.67 bits per heavy atom. The molecule has 0 amide bonds. The number of aromatic nitrogens is 2. The molecule has 0 aliphatic rings. The fourth-order valence-electron chi connectivity index (χ4n) is 2.01. The zero-order chi connectivity index (χ0) is 17.7. The molecule has 8 heteroatoms. The predicted molar refractivity (Wildman–Crippen MR) is 86.4 cm³/mol. The summed E-state index contributed by atoms with van der Waals surface area (Å²) in [4.78, 5) is 12.5. The lowest BCUT2D eigenvalue weighted by molar-refractivity contribution is 0.0374. The number of alkyl halides is 2. The highest BCUT2D eigenvalue weighted by molar-refractivity contribution is 7.99. The third-order valence-electron chi connectivity index (χ3n) is 2.97. The number of carbonyl (C=O) groups excluding carboxylic acids is 1. The maximum absolute atomic E-state index is 12.8. The molecule has 0 saturated heterocycles. The van der Waals surface area contributed by atoms with Crippen LogP contribution in [0.3, 0.4) is 0 Å². The summed E-state index contributed by atoms with van der Waals surface area (Å²) in [5.74, 6) is -2.83. The second kappa shape index (κ2) is 8.14. The van der Waals surface area contributed by atoms with Gasteiger partial charge in [0.05, 0.1) is 11.7 Å². The summed E-state index contributed by atoms with van der Waals surface area (Å²) < 4.78 is 37.9. The van der Waals surface area contributed by atoms with Crippen LogP contribution in [0, 0.1) is 0 Å². The van der Waals surface area contributed by atoms with E-state index in [9.17, 15) is 13.6 Å². The largest absolute Gasteiger partial charge is 0.472 e. The summed E-state index contributed by atoms with van der Waals surface area (Å²) >= 11 is 0.369. The van der Waals surface area contributed by atoms with Gasteiger partial charge in [0.1, 0.15) is 6.61 Å². The van der Waals surface area contributed by atoms with E-state index in [1.165, 1.54) is 12.1 Å². The van der Waals surface area contributed by atoms with E-state index in [1.807, 2.05) is 0 Å². The summed E-state index contributed by atoms with van der Waals surface area (Å²) in [6.45, 7) is 3.38. The Bertz CT molecular complexity index is 704. The van der Waals surface area contributed by atoms with E-state index in [0.29, 0.717) is 23.2 Å². The van der Waals surface area contributed by atoms with Gasteiger partial charge in [-0.1, -0.05) is 17.8 Å². The van der Waals surface area contributed by atoms with E-state index in [-0.39, 0.29) is 23.2 Å². The van der Waals surface area contributed by atoms with E-state index < -0.39 is 11.7 Å². The first-order chi connectivity index (χ1) is 11.4. The lowest BCUT2D eigenvalue weighted by Crippen LogP contribution is -2.15. The van der Waals surface area contributed by atoms with Crippen molar-refractivity contribution in [2.24, 2.45) is 7.05 Å². The Kier molecular flexibility index (Phi) is 6.19. The fourth-order valence-corrected chi connectivity index (χ4v) is 2.67. The number of benzene rings is 1. The summed E-state index contributed by atoms with van der Waals surface area (Å²) in [5, 5.41) is 4.06. The van der Waals surface area contributed by atoms with E-state index in [4.69, 9.17) is 9.47 Å². The Morgan fingerprint density at radius 2 is 2.08 bits per heavy atom. The van der Waals surface area contributed by atoms with Gasteiger partial charge in [-0.3, -0.25) is 4.68 Å². The van der Waals surface area contributed by atoms with Crippen molar-refractivity contribution in [2.45, 2.75) is 37.2 Å². The average molecular weight is 356 g/mol. The summed E-state index contributed by atoms with van der Waals surface area (Å²) in [6, 6.07) is 6.26. The molecular weight excluding hydrogens is 338 g/mol. The Balaban J connectivity index is 2.30. The van der Waals surface area contributed by atoms with Crippen LogP contribution >= 0.6 is 11.8 Å². The van der Waals surface area contributed by atoms with Gasteiger partial charge < -0.3 is 9.47 Å². The molecule has 130 valence electrons. The topological polar surface area (TPSA) is 53.4 Å². The molecule has 1 aromatic carbocycles. The van der Waals surface area contributed by atoms with Gasteiger partial charge in [0.15, 0.2) is 0 Å². The van der Waals surface area contributed by atoms with Crippen LogP contribution in [0.15, 0.2) is 35.4 Å². The number of esters is 1. The summed E-state index contributed by atoms with van der Waals surface area (Å²) in [6.07, 6.45) is 1.39. The molecule has 0 radical (unpaired) electrons. The molecule has 1 aromatic heterocycles. The molecule has 2 rings (SSSR count). The van der Waals surface area contributed by atoms with Gasteiger partial charge in [0, 0.05) is 29.8 Å². The van der Waals surface area contributed by atoms with Crippen LogP contribution in [0.4, 0.5) is 8.78 Å². The fraction of sp³-hybridized carbons (Fsp3) is 0.375. The second-order valence-electron chi connectivity index (χ2n) is 5.23. The first-order valence-corrected chi connectivity index (χ1v) is 8.15. The highest BCUT2D eigenvalue weighted by Gasteiger charge is 2.20.